The Balaban J connectivity index is 2.38. The van der Waals surface area contributed by atoms with Gasteiger partial charge in [0, 0.05) is 13.6 Å². The molecule has 1 aromatic rings. The number of hydrogen-bond acceptors (Lipinski definition) is 4. The minimum Gasteiger partial charge on any atom is -0.364 e. The van der Waals surface area contributed by atoms with Crippen LogP contribution >= 0.6 is 0 Å². The van der Waals surface area contributed by atoms with Crippen LogP contribution in [0.15, 0.2) is 24.3 Å². The summed E-state index contributed by atoms with van der Waals surface area (Å²) in [5.41, 5.74) is 5.45. The van der Waals surface area contributed by atoms with Gasteiger partial charge in [-0.1, -0.05) is 12.1 Å². The van der Waals surface area contributed by atoms with Crippen molar-refractivity contribution in [2.45, 2.75) is 12.0 Å². The Kier molecular flexibility index (Phi) is 3.33. The summed E-state index contributed by atoms with van der Waals surface area (Å²) in [7, 11) is -1.38. The summed E-state index contributed by atoms with van der Waals surface area (Å²) >= 11 is 0. The number of hydrogen-bond donors (Lipinski definition) is 1. The van der Waals surface area contributed by atoms with Gasteiger partial charge in [-0.3, -0.25) is 0 Å². The molecule has 1 fully saturated rings. The van der Waals surface area contributed by atoms with Crippen LogP contribution in [0, 0.1) is 5.82 Å². The third-order valence-electron chi connectivity index (χ3n) is 3.67. The second kappa shape index (κ2) is 4.51. The molecular weight excluding hydrogens is 255 g/mol. The van der Waals surface area contributed by atoms with E-state index >= 15 is 0 Å². The zero-order chi connectivity index (χ0) is 13.4. The molecule has 100 valence electrons. The molecular formula is C12H17FN2O2S. The Bertz CT molecular complexity index is 547. The number of rotatable bonds is 3. The van der Waals surface area contributed by atoms with Gasteiger partial charge < -0.3 is 10.6 Å². The van der Waals surface area contributed by atoms with E-state index in [1.54, 1.807) is 30.1 Å². The largest absolute Gasteiger partial charge is 0.364 e. The normalized spacial score (nSPS) is 26.2. The maximum Gasteiger partial charge on any atom is 0.152 e. The van der Waals surface area contributed by atoms with Crippen LogP contribution in [0.25, 0.3) is 0 Å². The second-order valence-corrected chi connectivity index (χ2v) is 6.96. The molecule has 0 spiro atoms. The zero-order valence-electron chi connectivity index (χ0n) is 10.3. The lowest BCUT2D eigenvalue weighted by Gasteiger charge is -2.38. The van der Waals surface area contributed by atoms with Crippen molar-refractivity contribution >= 4 is 15.5 Å². The van der Waals surface area contributed by atoms with Crippen LogP contribution in [0.2, 0.25) is 0 Å². The van der Waals surface area contributed by atoms with Crippen molar-refractivity contribution in [3.05, 3.63) is 30.1 Å². The summed E-state index contributed by atoms with van der Waals surface area (Å²) < 4.78 is 37.1. The van der Waals surface area contributed by atoms with E-state index in [0.29, 0.717) is 12.1 Å². The first kappa shape index (κ1) is 13.3. The lowest BCUT2D eigenvalue weighted by atomic mass is 9.96. The predicted molar refractivity (Wildman–Crippen MR) is 69.9 cm³/mol. The Labute approximate surface area is 107 Å². The molecule has 0 bridgehead atoms. The fourth-order valence-electron chi connectivity index (χ4n) is 2.44. The molecule has 1 aromatic carbocycles. The maximum absolute atomic E-state index is 13.8. The summed E-state index contributed by atoms with van der Waals surface area (Å²) in [6.07, 6.45) is 0.441. The number of benzene rings is 1. The van der Waals surface area contributed by atoms with Crippen LogP contribution in [0.4, 0.5) is 10.1 Å². The average molecular weight is 272 g/mol. The topological polar surface area (TPSA) is 63.4 Å². The third kappa shape index (κ3) is 2.22. The van der Waals surface area contributed by atoms with E-state index in [9.17, 15) is 12.8 Å². The first-order valence-corrected chi connectivity index (χ1v) is 7.61. The first-order chi connectivity index (χ1) is 8.40. The van der Waals surface area contributed by atoms with Crippen molar-refractivity contribution in [2.24, 2.45) is 5.73 Å². The zero-order valence-corrected chi connectivity index (χ0v) is 11.1. The van der Waals surface area contributed by atoms with Crippen molar-refractivity contribution in [3.63, 3.8) is 0 Å². The molecule has 1 unspecified atom stereocenters. The SMILES string of the molecule is CN(c1ccccc1F)C1(CN)CCS(=O)(=O)C1. The summed E-state index contributed by atoms with van der Waals surface area (Å²) in [6.45, 7) is 0.192. The fraction of sp³-hybridized carbons (Fsp3) is 0.500. The standard InChI is InChI=1S/C12H17FN2O2S/c1-15(11-5-3-2-4-10(11)13)12(8-14)6-7-18(16,17)9-12/h2-5H,6-9,14H2,1H3. The molecule has 1 aliphatic heterocycles. The molecule has 1 heterocycles. The number of likely N-dealkylation sites (N-methyl/N-ethyl adjacent to an activating group) is 1. The molecule has 18 heavy (non-hydrogen) atoms. The predicted octanol–water partition coefficient (Wildman–Crippen LogP) is 0.778. The highest BCUT2D eigenvalue weighted by Crippen LogP contribution is 2.33. The highest BCUT2D eigenvalue weighted by Gasteiger charge is 2.44. The second-order valence-electron chi connectivity index (χ2n) is 4.78. The van der Waals surface area contributed by atoms with Gasteiger partial charge in [-0.05, 0) is 18.6 Å². The molecule has 1 aliphatic rings. The van der Waals surface area contributed by atoms with Crippen LogP contribution in [0.3, 0.4) is 0 Å². The Morgan fingerprint density at radius 1 is 1.44 bits per heavy atom. The quantitative estimate of drug-likeness (QED) is 0.883. The summed E-state index contributed by atoms with van der Waals surface area (Å²) in [5.74, 6) is -0.262. The summed E-state index contributed by atoms with van der Waals surface area (Å²) in [4.78, 5) is 1.67. The van der Waals surface area contributed by atoms with Crippen LogP contribution in [-0.4, -0.2) is 39.1 Å². The van der Waals surface area contributed by atoms with Gasteiger partial charge in [0.05, 0.1) is 22.7 Å². The Morgan fingerprint density at radius 3 is 2.61 bits per heavy atom. The van der Waals surface area contributed by atoms with Crippen molar-refractivity contribution < 1.29 is 12.8 Å². The number of halogens is 1. The van der Waals surface area contributed by atoms with Crippen molar-refractivity contribution in [2.75, 3.05) is 30.0 Å². The highest BCUT2D eigenvalue weighted by molar-refractivity contribution is 7.91. The van der Waals surface area contributed by atoms with Crippen molar-refractivity contribution in [1.82, 2.24) is 0 Å². The van der Waals surface area contributed by atoms with E-state index in [1.165, 1.54) is 6.07 Å². The van der Waals surface area contributed by atoms with E-state index in [4.69, 9.17) is 5.73 Å². The summed E-state index contributed by atoms with van der Waals surface area (Å²) in [6, 6.07) is 6.33. The molecule has 6 heteroatoms. The lowest BCUT2D eigenvalue weighted by Crippen LogP contribution is -2.53. The monoisotopic (exact) mass is 272 g/mol. The minimum atomic E-state index is -3.08. The number of para-hydroxylation sites is 1. The van der Waals surface area contributed by atoms with Gasteiger partial charge in [-0.15, -0.1) is 0 Å². The Morgan fingerprint density at radius 2 is 2.11 bits per heavy atom. The van der Waals surface area contributed by atoms with Crippen molar-refractivity contribution in [1.29, 1.82) is 0 Å². The molecule has 2 rings (SSSR count). The lowest BCUT2D eigenvalue weighted by molar-refractivity contribution is 0.455. The molecule has 0 saturated carbocycles. The summed E-state index contributed by atoms with van der Waals surface area (Å²) in [5, 5.41) is 0. The van der Waals surface area contributed by atoms with E-state index in [-0.39, 0.29) is 23.9 Å². The Hall–Kier alpha value is -1.14. The minimum absolute atomic E-state index is 0.0126. The fourth-order valence-corrected chi connectivity index (χ4v) is 4.55. The van der Waals surface area contributed by atoms with Crippen LogP contribution < -0.4 is 10.6 Å². The number of anilines is 1. The van der Waals surface area contributed by atoms with Crippen LogP contribution in [-0.2, 0) is 9.84 Å². The molecule has 0 aromatic heterocycles. The third-order valence-corrected chi connectivity index (χ3v) is 5.48. The molecule has 0 radical (unpaired) electrons. The number of nitrogens with zero attached hydrogens (tertiary/aromatic N) is 1. The van der Waals surface area contributed by atoms with Gasteiger partial charge in [0.2, 0.25) is 0 Å². The maximum atomic E-state index is 13.8. The highest BCUT2D eigenvalue weighted by atomic mass is 32.2. The van der Waals surface area contributed by atoms with E-state index in [0.717, 1.165) is 0 Å². The van der Waals surface area contributed by atoms with E-state index in [1.807, 2.05) is 0 Å². The molecule has 2 N–H and O–H groups in total. The van der Waals surface area contributed by atoms with Gasteiger partial charge in [0.1, 0.15) is 5.82 Å². The number of sulfone groups is 1. The van der Waals surface area contributed by atoms with Crippen molar-refractivity contribution in [3.8, 4) is 0 Å². The van der Waals surface area contributed by atoms with Gasteiger partial charge in [-0.25, -0.2) is 12.8 Å². The average Bonchev–Trinajstić information content (AvgIpc) is 2.66. The van der Waals surface area contributed by atoms with Gasteiger partial charge in [-0.2, -0.15) is 0 Å². The van der Waals surface area contributed by atoms with Gasteiger partial charge in [0.15, 0.2) is 9.84 Å². The van der Waals surface area contributed by atoms with E-state index in [2.05, 4.69) is 0 Å². The van der Waals surface area contributed by atoms with E-state index < -0.39 is 15.4 Å². The molecule has 0 amide bonds. The van der Waals surface area contributed by atoms with Crippen LogP contribution in [0.5, 0.6) is 0 Å². The first-order valence-electron chi connectivity index (χ1n) is 5.79. The van der Waals surface area contributed by atoms with Gasteiger partial charge in [0.25, 0.3) is 0 Å². The molecule has 0 aliphatic carbocycles. The number of nitrogens with two attached hydrogens (primary N) is 1. The smallest absolute Gasteiger partial charge is 0.152 e. The molecule has 1 saturated heterocycles. The van der Waals surface area contributed by atoms with Gasteiger partial charge >= 0.3 is 0 Å². The molecule has 4 nitrogen and oxygen atoms in total. The molecule has 1 atom stereocenters. The van der Waals surface area contributed by atoms with Crippen LogP contribution in [0.1, 0.15) is 6.42 Å².